The number of fused-ring (bicyclic) bond motifs is 3. The van der Waals surface area contributed by atoms with Crippen LogP contribution in [0.1, 0.15) is 57.6 Å². The van der Waals surface area contributed by atoms with E-state index in [1.165, 1.54) is 0 Å². The van der Waals surface area contributed by atoms with Crippen LogP contribution in [0.2, 0.25) is 0 Å². The van der Waals surface area contributed by atoms with Crippen molar-refractivity contribution < 1.29 is 24.2 Å². The Balaban J connectivity index is 1.66. The summed E-state index contributed by atoms with van der Waals surface area (Å²) in [6.45, 7) is 7.77. The first-order valence-corrected chi connectivity index (χ1v) is 11.8. The van der Waals surface area contributed by atoms with Gasteiger partial charge in [-0.25, -0.2) is 4.79 Å². The maximum atomic E-state index is 12.9. The molecular weight excluding hydrogens is 432 g/mol. The maximum Gasteiger partial charge on any atom is 0.407 e. The largest absolute Gasteiger partial charge is 0.481 e. The van der Waals surface area contributed by atoms with Crippen LogP contribution in [0.15, 0.2) is 48.5 Å². The minimum absolute atomic E-state index is 0.0609. The number of hydrogen-bond donors (Lipinski definition) is 3. The number of carboxylic acids is 1. The Morgan fingerprint density at radius 3 is 1.97 bits per heavy atom. The van der Waals surface area contributed by atoms with Crippen LogP contribution in [0.3, 0.4) is 0 Å². The van der Waals surface area contributed by atoms with E-state index in [1.54, 1.807) is 0 Å². The molecule has 0 radical (unpaired) electrons. The van der Waals surface area contributed by atoms with Crippen molar-refractivity contribution >= 4 is 18.0 Å². The van der Waals surface area contributed by atoms with E-state index in [9.17, 15) is 14.4 Å². The number of benzene rings is 2. The van der Waals surface area contributed by atoms with E-state index < -0.39 is 30.1 Å². The molecule has 2 atom stereocenters. The number of aliphatic carboxylic acids is 1. The van der Waals surface area contributed by atoms with E-state index in [-0.39, 0.29) is 30.8 Å². The fourth-order valence-electron chi connectivity index (χ4n) is 4.41. The fraction of sp³-hybridized carbons (Fsp3) is 0.444. The van der Waals surface area contributed by atoms with Gasteiger partial charge in [0.15, 0.2) is 0 Å². The molecule has 0 saturated carbocycles. The van der Waals surface area contributed by atoms with Gasteiger partial charge in [-0.1, -0.05) is 76.2 Å². The highest BCUT2D eigenvalue weighted by Crippen LogP contribution is 2.44. The number of nitrogens with one attached hydrogen (secondary N) is 2. The summed E-state index contributed by atoms with van der Waals surface area (Å²) in [7, 11) is 0. The molecule has 2 aromatic carbocycles. The lowest BCUT2D eigenvalue weighted by atomic mass is 9.98. The van der Waals surface area contributed by atoms with E-state index in [2.05, 4.69) is 22.8 Å². The molecule has 1 unspecified atom stereocenters. The predicted octanol–water partition coefficient (Wildman–Crippen LogP) is 4.56. The SMILES string of the molecule is CC(C)CC(NC(=O)OCC1c2ccccc2-c2ccccc21)C(=O)N[C@@H](CC(=O)O)C(C)C. The van der Waals surface area contributed by atoms with Crippen LogP contribution < -0.4 is 10.6 Å². The number of carbonyl (C=O) groups excluding carboxylic acids is 2. The van der Waals surface area contributed by atoms with Gasteiger partial charge in [0.1, 0.15) is 12.6 Å². The van der Waals surface area contributed by atoms with Crippen LogP contribution in [0.5, 0.6) is 0 Å². The first-order chi connectivity index (χ1) is 16.2. The lowest BCUT2D eigenvalue weighted by Gasteiger charge is -2.26. The standard InChI is InChI=1S/C27H34N2O5/c1-16(2)13-24(26(32)28-23(17(3)4)14-25(30)31)29-27(33)34-15-22-20-11-7-5-9-18(20)19-10-6-8-12-21(19)22/h5-12,16-17,22-24H,13-15H2,1-4H3,(H,28,32)(H,29,33)(H,30,31)/t23-,24?/m0/s1. The van der Waals surface area contributed by atoms with Gasteiger partial charge in [-0.05, 0) is 40.5 Å². The van der Waals surface area contributed by atoms with Crippen molar-refractivity contribution in [3.8, 4) is 11.1 Å². The first kappa shape index (κ1) is 25.3. The van der Waals surface area contributed by atoms with Gasteiger partial charge in [-0.3, -0.25) is 9.59 Å². The fourth-order valence-corrected chi connectivity index (χ4v) is 4.41. The summed E-state index contributed by atoms with van der Waals surface area (Å²) < 4.78 is 5.59. The second kappa shape index (κ2) is 11.2. The molecule has 2 amide bonds. The van der Waals surface area contributed by atoms with Gasteiger partial charge in [0.25, 0.3) is 0 Å². The third-order valence-corrected chi connectivity index (χ3v) is 6.19. The van der Waals surface area contributed by atoms with Crippen molar-refractivity contribution in [1.29, 1.82) is 0 Å². The van der Waals surface area contributed by atoms with Crippen LogP contribution >= 0.6 is 0 Å². The number of hydrogen-bond acceptors (Lipinski definition) is 4. The van der Waals surface area contributed by atoms with Crippen molar-refractivity contribution in [2.45, 2.75) is 58.5 Å². The highest BCUT2D eigenvalue weighted by atomic mass is 16.5. The molecule has 2 aromatic rings. The van der Waals surface area contributed by atoms with E-state index in [4.69, 9.17) is 9.84 Å². The van der Waals surface area contributed by atoms with Crippen LogP contribution in [-0.2, 0) is 14.3 Å². The monoisotopic (exact) mass is 466 g/mol. The number of carbonyl (C=O) groups is 3. The zero-order valence-electron chi connectivity index (χ0n) is 20.2. The molecule has 0 aliphatic heterocycles. The minimum atomic E-state index is -0.982. The average Bonchev–Trinajstić information content (AvgIpc) is 3.10. The summed E-state index contributed by atoms with van der Waals surface area (Å²) in [6.07, 6.45) is -0.432. The molecular formula is C27H34N2O5. The normalized spacial score (nSPS) is 14.3. The topological polar surface area (TPSA) is 105 Å². The van der Waals surface area contributed by atoms with Crippen molar-refractivity contribution in [3.05, 3.63) is 59.7 Å². The lowest BCUT2D eigenvalue weighted by molar-refractivity contribution is -0.138. The van der Waals surface area contributed by atoms with Crippen molar-refractivity contribution in [3.63, 3.8) is 0 Å². The Labute approximate surface area is 200 Å². The molecule has 1 aliphatic rings. The van der Waals surface area contributed by atoms with E-state index in [0.717, 1.165) is 22.3 Å². The van der Waals surface area contributed by atoms with Crippen LogP contribution in [0.4, 0.5) is 4.79 Å². The molecule has 0 saturated heterocycles. The molecule has 3 rings (SSSR count). The van der Waals surface area contributed by atoms with Crippen LogP contribution in [0, 0.1) is 11.8 Å². The number of ether oxygens (including phenoxy) is 1. The molecule has 7 heteroatoms. The summed E-state index contributed by atoms with van der Waals surface area (Å²) in [5, 5.41) is 14.6. The van der Waals surface area contributed by atoms with Crippen molar-refractivity contribution in [2.75, 3.05) is 6.61 Å². The Morgan fingerprint density at radius 2 is 1.47 bits per heavy atom. The van der Waals surface area contributed by atoms with Crippen molar-refractivity contribution in [1.82, 2.24) is 10.6 Å². The maximum absolute atomic E-state index is 12.9. The average molecular weight is 467 g/mol. The molecule has 0 heterocycles. The van der Waals surface area contributed by atoms with Gasteiger partial charge in [0, 0.05) is 12.0 Å². The van der Waals surface area contributed by atoms with E-state index in [0.29, 0.717) is 6.42 Å². The molecule has 182 valence electrons. The smallest absolute Gasteiger partial charge is 0.407 e. The Bertz CT molecular complexity index is 988. The zero-order chi connectivity index (χ0) is 24.8. The summed E-state index contributed by atoms with van der Waals surface area (Å²) in [5.41, 5.74) is 4.51. The molecule has 3 N–H and O–H groups in total. The highest BCUT2D eigenvalue weighted by molar-refractivity contribution is 5.86. The molecule has 1 aliphatic carbocycles. The first-order valence-electron chi connectivity index (χ1n) is 11.8. The van der Waals surface area contributed by atoms with Crippen LogP contribution in [0.25, 0.3) is 11.1 Å². The third kappa shape index (κ3) is 6.16. The number of alkyl carbamates (subject to hydrolysis) is 1. The summed E-state index contributed by atoms with van der Waals surface area (Å²) in [4.78, 5) is 36.8. The molecule has 0 bridgehead atoms. The third-order valence-electron chi connectivity index (χ3n) is 6.19. The second-order valence-electron chi connectivity index (χ2n) is 9.61. The summed E-state index contributed by atoms with van der Waals surface area (Å²) in [6, 6.07) is 14.8. The highest BCUT2D eigenvalue weighted by Gasteiger charge is 2.30. The van der Waals surface area contributed by atoms with Gasteiger partial charge < -0.3 is 20.5 Å². The van der Waals surface area contributed by atoms with Crippen molar-refractivity contribution in [2.24, 2.45) is 11.8 Å². The van der Waals surface area contributed by atoms with Gasteiger partial charge in [-0.15, -0.1) is 0 Å². The quantitative estimate of drug-likeness (QED) is 0.476. The molecule has 7 nitrogen and oxygen atoms in total. The second-order valence-corrected chi connectivity index (χ2v) is 9.61. The van der Waals surface area contributed by atoms with E-state index >= 15 is 0 Å². The van der Waals surface area contributed by atoms with Gasteiger partial charge in [0.05, 0.1) is 6.42 Å². The molecule has 0 aromatic heterocycles. The number of amides is 2. The Kier molecular flexibility index (Phi) is 8.31. The Hall–Kier alpha value is -3.35. The van der Waals surface area contributed by atoms with Gasteiger partial charge >= 0.3 is 12.1 Å². The summed E-state index contributed by atoms with van der Waals surface area (Å²) >= 11 is 0. The van der Waals surface area contributed by atoms with Crippen LogP contribution in [-0.4, -0.2) is 41.8 Å². The Morgan fingerprint density at radius 1 is 0.912 bits per heavy atom. The lowest BCUT2D eigenvalue weighted by Crippen LogP contribution is -2.51. The van der Waals surface area contributed by atoms with Gasteiger partial charge in [-0.2, -0.15) is 0 Å². The molecule has 0 fully saturated rings. The minimum Gasteiger partial charge on any atom is -0.481 e. The van der Waals surface area contributed by atoms with Gasteiger partial charge in [0.2, 0.25) is 5.91 Å². The molecule has 0 spiro atoms. The number of carboxylic acid groups (broad SMARTS) is 1. The van der Waals surface area contributed by atoms with E-state index in [1.807, 2.05) is 64.1 Å². The zero-order valence-corrected chi connectivity index (χ0v) is 20.2. The molecule has 34 heavy (non-hydrogen) atoms. The predicted molar refractivity (Wildman–Crippen MR) is 130 cm³/mol. The summed E-state index contributed by atoms with van der Waals surface area (Å²) in [5.74, 6) is -1.38. The number of rotatable bonds is 10.